The molecule has 1 aliphatic heterocycles. The number of rotatable bonds is 6. The topological polar surface area (TPSA) is 99.2 Å². The van der Waals surface area contributed by atoms with Crippen LogP contribution in [-0.4, -0.2) is 39.9 Å². The smallest absolute Gasteiger partial charge is 0.191 e. The van der Waals surface area contributed by atoms with Gasteiger partial charge in [-0.2, -0.15) is 0 Å². The first kappa shape index (κ1) is 22.3. The monoisotopic (exact) mass is 435 g/mol. The highest BCUT2D eigenvalue weighted by atomic mass is 16.3. The lowest BCUT2D eigenvalue weighted by Crippen LogP contribution is -2.50. The van der Waals surface area contributed by atoms with Crippen molar-refractivity contribution in [1.82, 2.24) is 4.90 Å². The molecule has 4 rings (SSSR count). The Morgan fingerprint density at radius 3 is 2.25 bits per heavy atom. The van der Waals surface area contributed by atoms with Crippen molar-refractivity contribution >= 4 is 11.7 Å². The third-order valence-electron chi connectivity index (χ3n) is 7.09. The van der Waals surface area contributed by atoms with Crippen molar-refractivity contribution in [3.8, 4) is 5.75 Å². The average Bonchev–Trinajstić information content (AvgIpc) is 3.39. The maximum Gasteiger partial charge on any atom is 0.191 e. The van der Waals surface area contributed by atoms with Gasteiger partial charge in [-0.25, -0.2) is 4.99 Å². The summed E-state index contributed by atoms with van der Waals surface area (Å²) in [4.78, 5) is 20.2. The Morgan fingerprint density at radius 2 is 1.62 bits per heavy atom. The van der Waals surface area contributed by atoms with Gasteiger partial charge >= 0.3 is 0 Å². The zero-order valence-corrected chi connectivity index (χ0v) is 18.5. The molecule has 0 unspecified atom stereocenters. The number of aliphatic imine (C=N–C) groups is 1. The number of hydrogen-bond donors (Lipinski definition) is 3. The molecule has 2 aliphatic rings. The molecule has 2 aromatic carbocycles. The van der Waals surface area contributed by atoms with Gasteiger partial charge in [0, 0.05) is 19.0 Å². The summed E-state index contributed by atoms with van der Waals surface area (Å²) < 4.78 is 0. The van der Waals surface area contributed by atoms with E-state index >= 15 is 0 Å². The number of benzene rings is 2. The van der Waals surface area contributed by atoms with Gasteiger partial charge in [0.25, 0.3) is 0 Å². The molecule has 32 heavy (non-hydrogen) atoms. The van der Waals surface area contributed by atoms with Gasteiger partial charge < -0.3 is 20.8 Å². The quantitative estimate of drug-likeness (QED) is 0.476. The zero-order valence-electron chi connectivity index (χ0n) is 18.5. The van der Waals surface area contributed by atoms with E-state index in [1.165, 1.54) is 0 Å². The number of Topliss-reactive ketones (excluding diaryl/α,β-unsaturated/α-hetero) is 1. The van der Waals surface area contributed by atoms with Crippen LogP contribution >= 0.6 is 0 Å². The van der Waals surface area contributed by atoms with Gasteiger partial charge in [0.05, 0.1) is 6.54 Å². The van der Waals surface area contributed by atoms with Gasteiger partial charge in [0.2, 0.25) is 0 Å². The Balaban J connectivity index is 1.41. The third kappa shape index (κ3) is 4.65. The summed E-state index contributed by atoms with van der Waals surface area (Å²) in [6.07, 6.45) is 5.26. The number of carbonyl (C=O) groups is 1. The number of likely N-dealkylation sites (tertiary alicyclic amines) is 1. The number of phenolic OH excluding ortho intramolecular Hbond substituents is 1. The number of phenols is 1. The summed E-state index contributed by atoms with van der Waals surface area (Å²) in [5, 5.41) is 21.2. The maximum absolute atomic E-state index is 13.7. The Bertz CT molecular complexity index is 931. The molecule has 1 saturated carbocycles. The number of carbonyl (C=O) groups excluding carboxylic acids is 1. The summed E-state index contributed by atoms with van der Waals surface area (Å²) in [5.74, 6) is 0.479. The molecule has 0 amide bonds. The van der Waals surface area contributed by atoms with E-state index in [4.69, 9.17) is 5.73 Å². The van der Waals surface area contributed by atoms with Crippen molar-refractivity contribution in [3.05, 3.63) is 65.7 Å². The molecule has 1 heterocycles. The molecule has 170 valence electrons. The van der Waals surface area contributed by atoms with Crippen LogP contribution in [0, 0.1) is 11.8 Å². The number of aliphatic hydroxyl groups is 1. The van der Waals surface area contributed by atoms with Crippen LogP contribution in [0.1, 0.15) is 49.7 Å². The molecular weight excluding hydrogens is 402 g/mol. The lowest BCUT2D eigenvalue weighted by molar-refractivity contribution is -0.150. The van der Waals surface area contributed by atoms with E-state index in [1.807, 2.05) is 47.4 Å². The number of nitrogens with two attached hydrogens (primary N) is 1. The highest BCUT2D eigenvalue weighted by Crippen LogP contribution is 2.43. The van der Waals surface area contributed by atoms with Gasteiger partial charge in [-0.1, -0.05) is 55.3 Å². The minimum atomic E-state index is -1.40. The first-order valence-corrected chi connectivity index (χ1v) is 11.6. The first-order valence-electron chi connectivity index (χ1n) is 11.6. The van der Waals surface area contributed by atoms with Crippen LogP contribution in [0.4, 0.5) is 0 Å². The minimum Gasteiger partial charge on any atom is -0.508 e. The molecule has 0 bridgehead atoms. The molecule has 2 fully saturated rings. The van der Waals surface area contributed by atoms with Crippen molar-refractivity contribution in [2.45, 2.75) is 50.7 Å². The normalized spacial score (nSPS) is 20.3. The van der Waals surface area contributed by atoms with Gasteiger partial charge in [0.15, 0.2) is 17.3 Å². The van der Waals surface area contributed by atoms with E-state index in [-0.39, 0.29) is 23.4 Å². The zero-order chi connectivity index (χ0) is 22.6. The Labute approximate surface area is 189 Å². The summed E-state index contributed by atoms with van der Waals surface area (Å²) in [6, 6.07) is 16.4. The van der Waals surface area contributed by atoms with E-state index in [0.29, 0.717) is 38.4 Å². The van der Waals surface area contributed by atoms with Gasteiger partial charge in [-0.15, -0.1) is 0 Å². The number of piperidine rings is 1. The number of guanidine groups is 1. The summed E-state index contributed by atoms with van der Waals surface area (Å²) in [6.45, 7) is 1.74. The molecule has 0 spiro atoms. The molecule has 6 nitrogen and oxygen atoms in total. The van der Waals surface area contributed by atoms with Crippen LogP contribution in [0.25, 0.3) is 0 Å². The van der Waals surface area contributed by atoms with E-state index in [0.717, 1.165) is 36.8 Å². The second kappa shape index (κ2) is 9.74. The van der Waals surface area contributed by atoms with Crippen LogP contribution < -0.4 is 5.73 Å². The molecule has 1 atom stereocenters. The van der Waals surface area contributed by atoms with Crippen molar-refractivity contribution in [1.29, 1.82) is 0 Å². The summed E-state index contributed by atoms with van der Waals surface area (Å²) in [5.41, 5.74) is 6.52. The number of aromatic hydroxyl groups is 1. The van der Waals surface area contributed by atoms with Crippen molar-refractivity contribution < 1.29 is 15.0 Å². The van der Waals surface area contributed by atoms with E-state index < -0.39 is 5.60 Å². The molecular formula is C26H33N3O3. The second-order valence-electron chi connectivity index (χ2n) is 9.08. The minimum absolute atomic E-state index is 0.00706. The molecule has 0 aromatic heterocycles. The fourth-order valence-electron chi connectivity index (χ4n) is 5.17. The lowest BCUT2D eigenvalue weighted by Gasteiger charge is -2.39. The van der Waals surface area contributed by atoms with Crippen molar-refractivity contribution in [2.75, 3.05) is 13.1 Å². The first-order chi connectivity index (χ1) is 15.5. The van der Waals surface area contributed by atoms with E-state index in [2.05, 4.69) is 4.99 Å². The average molecular weight is 436 g/mol. The molecule has 0 radical (unpaired) electrons. The Morgan fingerprint density at radius 1 is 1.00 bits per heavy atom. The van der Waals surface area contributed by atoms with Crippen LogP contribution in [0.15, 0.2) is 59.6 Å². The van der Waals surface area contributed by atoms with Crippen molar-refractivity contribution in [3.63, 3.8) is 0 Å². The number of nitrogens with zero attached hydrogens (tertiary/aromatic N) is 2. The molecule has 2 aromatic rings. The standard InChI is InChI=1S/C26H33N3O3/c27-25(28-18-19-10-12-23(30)13-11-19)29-16-14-20(15-17-29)24(31)26(32,22-8-4-5-9-22)21-6-2-1-3-7-21/h1-3,6-7,10-13,20,22,30,32H,4-5,8-9,14-18H2,(H2,27,28)/t26-/m0/s1. The van der Waals surface area contributed by atoms with Crippen LogP contribution in [0.3, 0.4) is 0 Å². The van der Waals surface area contributed by atoms with E-state index in [1.54, 1.807) is 12.1 Å². The van der Waals surface area contributed by atoms with Gasteiger partial charge in [-0.05, 0) is 54.9 Å². The molecule has 1 aliphatic carbocycles. The van der Waals surface area contributed by atoms with Gasteiger partial charge in [0.1, 0.15) is 5.75 Å². The SMILES string of the molecule is NC(=NCc1ccc(O)cc1)N1CCC(C(=O)[C@](O)(c2ccccc2)C2CCCC2)CC1. The fourth-order valence-corrected chi connectivity index (χ4v) is 5.17. The lowest BCUT2D eigenvalue weighted by atomic mass is 9.71. The number of ketones is 1. The summed E-state index contributed by atoms with van der Waals surface area (Å²) in [7, 11) is 0. The highest BCUT2D eigenvalue weighted by molar-refractivity contribution is 5.91. The number of hydrogen-bond acceptors (Lipinski definition) is 4. The molecule has 6 heteroatoms. The molecule has 1 saturated heterocycles. The second-order valence-corrected chi connectivity index (χ2v) is 9.08. The summed E-state index contributed by atoms with van der Waals surface area (Å²) >= 11 is 0. The van der Waals surface area contributed by atoms with E-state index in [9.17, 15) is 15.0 Å². The van der Waals surface area contributed by atoms with Crippen molar-refractivity contribution in [2.24, 2.45) is 22.6 Å². The van der Waals surface area contributed by atoms with Gasteiger partial charge in [-0.3, -0.25) is 4.79 Å². The maximum atomic E-state index is 13.7. The fraction of sp³-hybridized carbons (Fsp3) is 0.462. The largest absolute Gasteiger partial charge is 0.508 e. The Hall–Kier alpha value is -2.86. The molecule has 4 N–H and O–H groups in total. The third-order valence-corrected chi connectivity index (χ3v) is 7.09. The predicted molar refractivity (Wildman–Crippen MR) is 125 cm³/mol. The van der Waals surface area contributed by atoms with Crippen LogP contribution in [-0.2, 0) is 16.9 Å². The predicted octanol–water partition coefficient (Wildman–Crippen LogP) is 3.57. The Kier molecular flexibility index (Phi) is 6.80. The highest BCUT2D eigenvalue weighted by Gasteiger charge is 2.48. The van der Waals surface area contributed by atoms with Crippen LogP contribution in [0.5, 0.6) is 5.75 Å². The van der Waals surface area contributed by atoms with Crippen LogP contribution in [0.2, 0.25) is 0 Å².